The highest BCUT2D eigenvalue weighted by Crippen LogP contribution is 2.22. The van der Waals surface area contributed by atoms with E-state index < -0.39 is 6.10 Å². The normalized spacial score (nSPS) is 13.4. The van der Waals surface area contributed by atoms with Gasteiger partial charge in [0, 0.05) is 6.42 Å². The number of aliphatic hydroxyl groups excluding tert-OH is 1. The van der Waals surface area contributed by atoms with Crippen LogP contribution in [0.15, 0.2) is 72.8 Å². The fourth-order valence-electron chi connectivity index (χ4n) is 2.62. The van der Waals surface area contributed by atoms with Crippen molar-refractivity contribution in [2.24, 2.45) is 5.73 Å². The Kier molecular flexibility index (Phi) is 5.56. The Hall–Kier alpha value is -1.87. The van der Waals surface area contributed by atoms with Gasteiger partial charge in [-0.3, -0.25) is 0 Å². The quantitative estimate of drug-likeness (QED) is 0.768. The number of fused-ring (bicyclic) bond motifs is 1. The largest absolute Gasteiger partial charge is 0.391 e. The summed E-state index contributed by atoms with van der Waals surface area (Å²) in [6.07, 6.45) is -0.0250. The molecule has 0 saturated carbocycles. The van der Waals surface area contributed by atoms with Crippen molar-refractivity contribution < 1.29 is 5.11 Å². The maximum absolute atomic E-state index is 10.4. The Morgan fingerprint density at radius 3 is 2.18 bits per heavy atom. The lowest BCUT2D eigenvalue weighted by Crippen LogP contribution is -2.28. The van der Waals surface area contributed by atoms with Crippen molar-refractivity contribution >= 4 is 23.2 Å². The van der Waals surface area contributed by atoms with Crippen LogP contribution in [-0.2, 0) is 6.42 Å². The lowest BCUT2D eigenvalue weighted by atomic mass is 9.95. The van der Waals surface area contributed by atoms with Crippen molar-refractivity contribution in [3.8, 4) is 0 Å². The van der Waals surface area contributed by atoms with Gasteiger partial charge in [0.25, 0.3) is 0 Å². The van der Waals surface area contributed by atoms with Gasteiger partial charge in [0.05, 0.1) is 12.1 Å². The molecule has 3 N–H and O–H groups in total. The van der Waals surface area contributed by atoms with Gasteiger partial charge < -0.3 is 10.8 Å². The van der Waals surface area contributed by atoms with Gasteiger partial charge in [-0.1, -0.05) is 66.7 Å². The number of halogens is 1. The SMILES string of the molecule is Cl.N[C@@H](c1ccc2ccccc2c1)[C@H](O)Cc1ccccc1. The number of rotatable bonds is 4. The molecule has 3 aromatic rings. The number of hydrogen-bond acceptors (Lipinski definition) is 2. The van der Waals surface area contributed by atoms with Crippen molar-refractivity contribution in [3.05, 3.63) is 83.9 Å². The first-order valence-corrected chi connectivity index (χ1v) is 7.20. The van der Waals surface area contributed by atoms with Crippen molar-refractivity contribution in [2.45, 2.75) is 18.6 Å². The first-order chi connectivity index (χ1) is 10.2. The Balaban J connectivity index is 0.00000176. The molecule has 0 spiro atoms. The van der Waals surface area contributed by atoms with E-state index in [1.165, 1.54) is 5.39 Å². The molecule has 0 amide bonds. The Bertz CT molecular complexity index is 730. The molecule has 0 aromatic heterocycles. The molecule has 0 bridgehead atoms. The average Bonchev–Trinajstić information content (AvgIpc) is 2.54. The summed E-state index contributed by atoms with van der Waals surface area (Å²) in [6, 6.07) is 23.9. The highest BCUT2D eigenvalue weighted by Gasteiger charge is 2.17. The Morgan fingerprint density at radius 2 is 1.45 bits per heavy atom. The van der Waals surface area contributed by atoms with Crippen LogP contribution in [0.1, 0.15) is 17.2 Å². The first kappa shape index (κ1) is 16.5. The third-order valence-corrected chi connectivity index (χ3v) is 3.86. The lowest BCUT2D eigenvalue weighted by molar-refractivity contribution is 0.145. The summed E-state index contributed by atoms with van der Waals surface area (Å²) in [7, 11) is 0. The Labute approximate surface area is 137 Å². The monoisotopic (exact) mass is 313 g/mol. The molecule has 3 aromatic carbocycles. The predicted molar refractivity (Wildman–Crippen MR) is 94.3 cm³/mol. The fraction of sp³-hybridized carbons (Fsp3) is 0.158. The summed E-state index contributed by atoms with van der Waals surface area (Å²) in [6.45, 7) is 0. The van der Waals surface area contributed by atoms with Gasteiger partial charge in [0.2, 0.25) is 0 Å². The zero-order valence-corrected chi connectivity index (χ0v) is 13.0. The van der Waals surface area contributed by atoms with E-state index in [-0.39, 0.29) is 18.4 Å². The maximum atomic E-state index is 10.4. The highest BCUT2D eigenvalue weighted by molar-refractivity contribution is 5.85. The van der Waals surface area contributed by atoms with Crippen molar-refractivity contribution in [2.75, 3.05) is 0 Å². The molecule has 2 nitrogen and oxygen atoms in total. The van der Waals surface area contributed by atoms with E-state index in [4.69, 9.17) is 5.73 Å². The minimum absolute atomic E-state index is 0. The van der Waals surface area contributed by atoms with Crippen LogP contribution >= 0.6 is 12.4 Å². The second-order valence-corrected chi connectivity index (χ2v) is 5.39. The minimum atomic E-state index is -0.589. The van der Waals surface area contributed by atoms with Gasteiger partial charge >= 0.3 is 0 Å². The average molecular weight is 314 g/mol. The van der Waals surface area contributed by atoms with E-state index >= 15 is 0 Å². The molecule has 114 valence electrons. The zero-order valence-electron chi connectivity index (χ0n) is 12.2. The van der Waals surface area contributed by atoms with E-state index in [1.54, 1.807) is 0 Å². The molecule has 0 aliphatic rings. The van der Waals surface area contributed by atoms with Gasteiger partial charge in [0.15, 0.2) is 0 Å². The number of benzene rings is 3. The molecule has 2 atom stereocenters. The molecule has 22 heavy (non-hydrogen) atoms. The maximum Gasteiger partial charge on any atom is 0.0773 e. The third kappa shape index (κ3) is 3.66. The van der Waals surface area contributed by atoms with Gasteiger partial charge in [-0.15, -0.1) is 12.4 Å². The van der Waals surface area contributed by atoms with Crippen LogP contribution in [0.4, 0.5) is 0 Å². The van der Waals surface area contributed by atoms with Gasteiger partial charge in [-0.2, -0.15) is 0 Å². The summed E-state index contributed by atoms with van der Waals surface area (Å²) >= 11 is 0. The number of hydrogen-bond donors (Lipinski definition) is 2. The van der Waals surface area contributed by atoms with Crippen molar-refractivity contribution in [3.63, 3.8) is 0 Å². The van der Waals surface area contributed by atoms with Gasteiger partial charge in [0.1, 0.15) is 0 Å². The number of nitrogens with two attached hydrogens (primary N) is 1. The highest BCUT2D eigenvalue weighted by atomic mass is 35.5. The van der Waals surface area contributed by atoms with Crippen molar-refractivity contribution in [1.82, 2.24) is 0 Å². The van der Waals surface area contributed by atoms with E-state index in [2.05, 4.69) is 24.3 Å². The van der Waals surface area contributed by atoms with Crippen LogP contribution in [0.25, 0.3) is 10.8 Å². The zero-order chi connectivity index (χ0) is 14.7. The summed E-state index contributed by atoms with van der Waals surface area (Å²) < 4.78 is 0. The molecule has 0 heterocycles. The molecule has 3 rings (SSSR count). The van der Waals surface area contributed by atoms with Crippen LogP contribution in [-0.4, -0.2) is 11.2 Å². The molecule has 0 unspecified atom stereocenters. The molecule has 0 fully saturated rings. The molecule has 0 saturated heterocycles. The lowest BCUT2D eigenvalue weighted by Gasteiger charge is -2.20. The van der Waals surface area contributed by atoms with E-state index in [1.807, 2.05) is 48.5 Å². The molecule has 0 radical (unpaired) electrons. The minimum Gasteiger partial charge on any atom is -0.391 e. The molecular weight excluding hydrogens is 294 g/mol. The fourth-order valence-corrected chi connectivity index (χ4v) is 2.62. The van der Waals surface area contributed by atoms with Gasteiger partial charge in [-0.05, 0) is 28.0 Å². The van der Waals surface area contributed by atoms with Gasteiger partial charge in [-0.25, -0.2) is 0 Å². The molecular formula is C19H20ClNO. The topological polar surface area (TPSA) is 46.2 Å². The third-order valence-electron chi connectivity index (χ3n) is 3.86. The predicted octanol–water partition coefficient (Wildman–Crippen LogP) is 3.87. The molecule has 0 aliphatic heterocycles. The molecule has 0 aliphatic carbocycles. The van der Waals surface area contributed by atoms with E-state index in [0.29, 0.717) is 6.42 Å². The van der Waals surface area contributed by atoms with E-state index in [9.17, 15) is 5.11 Å². The van der Waals surface area contributed by atoms with E-state index in [0.717, 1.165) is 16.5 Å². The second-order valence-electron chi connectivity index (χ2n) is 5.39. The summed E-state index contributed by atoms with van der Waals surface area (Å²) in [5.41, 5.74) is 8.30. The first-order valence-electron chi connectivity index (χ1n) is 7.20. The summed E-state index contributed by atoms with van der Waals surface area (Å²) in [5.74, 6) is 0. The summed E-state index contributed by atoms with van der Waals surface area (Å²) in [5, 5.41) is 12.7. The van der Waals surface area contributed by atoms with Crippen LogP contribution in [0.5, 0.6) is 0 Å². The van der Waals surface area contributed by atoms with Crippen LogP contribution in [0.3, 0.4) is 0 Å². The standard InChI is InChI=1S/C19H19NO.ClH/c20-19(18(21)12-14-6-2-1-3-7-14)17-11-10-15-8-4-5-9-16(15)13-17;/h1-11,13,18-19,21H,12,20H2;1H/t18-,19+;/m1./s1. The van der Waals surface area contributed by atoms with Crippen molar-refractivity contribution in [1.29, 1.82) is 0 Å². The smallest absolute Gasteiger partial charge is 0.0773 e. The number of aliphatic hydroxyl groups is 1. The second kappa shape index (κ2) is 7.41. The van der Waals surface area contributed by atoms with Crippen LogP contribution in [0, 0.1) is 0 Å². The van der Waals surface area contributed by atoms with Crippen LogP contribution < -0.4 is 5.73 Å². The Morgan fingerprint density at radius 1 is 0.818 bits per heavy atom. The molecule has 3 heteroatoms. The summed E-state index contributed by atoms with van der Waals surface area (Å²) in [4.78, 5) is 0. The van der Waals surface area contributed by atoms with Crippen LogP contribution in [0.2, 0.25) is 0 Å².